The van der Waals surface area contributed by atoms with E-state index in [2.05, 4.69) is 19.2 Å². The Balaban J connectivity index is 3.99. The van der Waals surface area contributed by atoms with E-state index in [9.17, 15) is 14.4 Å². The lowest BCUT2D eigenvalue weighted by Crippen LogP contribution is -2.42. The number of amides is 1. The van der Waals surface area contributed by atoms with Gasteiger partial charge in [-0.3, -0.25) is 9.59 Å². The van der Waals surface area contributed by atoms with E-state index in [4.69, 9.17) is 9.47 Å². The van der Waals surface area contributed by atoms with Crippen molar-refractivity contribution in [3.05, 3.63) is 0 Å². The number of ketones is 1. The van der Waals surface area contributed by atoms with Gasteiger partial charge in [-0.1, -0.05) is 97.3 Å². The summed E-state index contributed by atoms with van der Waals surface area (Å²) in [4.78, 5) is 36.4. The molecule has 1 N–H and O–H groups in total. The van der Waals surface area contributed by atoms with Crippen LogP contribution in [0.2, 0.25) is 0 Å². The fourth-order valence-electron chi connectivity index (χ4n) is 3.81. The van der Waals surface area contributed by atoms with Crippen molar-refractivity contribution < 1.29 is 23.9 Å². The Morgan fingerprint density at radius 3 is 1.74 bits per heavy atom. The Morgan fingerprint density at radius 2 is 1.24 bits per heavy atom. The van der Waals surface area contributed by atoms with Crippen molar-refractivity contribution in [2.75, 3.05) is 13.2 Å². The number of Topliss-reactive ketones (excluding diaryl/α,β-unsaturated/α-hetero) is 1. The molecule has 0 aliphatic heterocycles. The maximum absolute atomic E-state index is 12.3. The Kier molecular flexibility index (Phi) is 20.0. The van der Waals surface area contributed by atoms with Gasteiger partial charge in [0.05, 0.1) is 12.6 Å². The molecule has 0 saturated heterocycles. The summed E-state index contributed by atoms with van der Waals surface area (Å²) in [5, 5.41) is 2.80. The van der Waals surface area contributed by atoms with Crippen LogP contribution in [-0.2, 0) is 23.9 Å². The first-order valence-electron chi connectivity index (χ1n) is 13.8. The van der Waals surface area contributed by atoms with Gasteiger partial charge in [0.2, 0.25) is 5.78 Å². The first-order valence-corrected chi connectivity index (χ1v) is 13.8. The highest BCUT2D eigenvalue weighted by atomic mass is 16.6. The van der Waals surface area contributed by atoms with Crippen molar-refractivity contribution in [3.8, 4) is 0 Å². The Labute approximate surface area is 209 Å². The molecule has 0 spiro atoms. The number of ether oxygens (including phenoxy) is 2. The second-order valence-corrected chi connectivity index (χ2v) is 10.5. The van der Waals surface area contributed by atoms with Crippen molar-refractivity contribution in [2.45, 2.75) is 149 Å². The highest BCUT2D eigenvalue weighted by Crippen LogP contribution is 2.13. The average molecular weight is 484 g/mol. The predicted octanol–water partition coefficient (Wildman–Crippen LogP) is 6.68. The zero-order valence-electron chi connectivity index (χ0n) is 22.8. The van der Waals surface area contributed by atoms with Gasteiger partial charge in [0.1, 0.15) is 12.2 Å². The van der Waals surface area contributed by atoms with Crippen molar-refractivity contribution in [2.24, 2.45) is 0 Å². The lowest BCUT2D eigenvalue weighted by Gasteiger charge is -2.21. The van der Waals surface area contributed by atoms with E-state index in [1.165, 1.54) is 57.8 Å². The lowest BCUT2D eigenvalue weighted by atomic mass is 10.0. The average Bonchev–Trinajstić information content (AvgIpc) is 2.76. The van der Waals surface area contributed by atoms with Gasteiger partial charge < -0.3 is 14.8 Å². The quantitative estimate of drug-likeness (QED) is 0.105. The van der Waals surface area contributed by atoms with Gasteiger partial charge in [-0.15, -0.1) is 0 Å². The number of unbranched alkanes of at least 4 members (excludes halogenated alkanes) is 12. The van der Waals surface area contributed by atoms with Crippen LogP contribution in [0.25, 0.3) is 0 Å². The topological polar surface area (TPSA) is 81.7 Å². The molecule has 0 heterocycles. The number of rotatable bonds is 22. The summed E-state index contributed by atoms with van der Waals surface area (Å²) in [6.07, 6.45) is 17.7. The third kappa shape index (κ3) is 21.1. The Morgan fingerprint density at radius 1 is 0.735 bits per heavy atom. The third-order valence-electron chi connectivity index (χ3n) is 5.71. The minimum absolute atomic E-state index is 0.164. The molecule has 6 nitrogen and oxygen atoms in total. The van der Waals surface area contributed by atoms with Gasteiger partial charge in [-0.05, 0) is 33.6 Å². The molecule has 0 saturated carbocycles. The normalized spacial score (nSPS) is 12.4. The summed E-state index contributed by atoms with van der Waals surface area (Å²) < 4.78 is 10.7. The van der Waals surface area contributed by atoms with E-state index in [1.807, 2.05) is 0 Å². The molecular weight excluding hydrogens is 430 g/mol. The summed E-state index contributed by atoms with van der Waals surface area (Å²) in [5.41, 5.74) is -0.559. The number of carbonyl (C=O) groups is 3. The van der Waals surface area contributed by atoms with Crippen molar-refractivity contribution in [1.29, 1.82) is 0 Å². The summed E-state index contributed by atoms with van der Waals surface area (Å²) in [5.74, 6) is -1.33. The van der Waals surface area contributed by atoms with Gasteiger partial charge in [0.25, 0.3) is 5.91 Å². The molecule has 34 heavy (non-hydrogen) atoms. The summed E-state index contributed by atoms with van der Waals surface area (Å²) in [6.45, 7) is 9.75. The van der Waals surface area contributed by atoms with Crippen LogP contribution in [0.15, 0.2) is 0 Å². The number of hydrogen-bond acceptors (Lipinski definition) is 5. The van der Waals surface area contributed by atoms with E-state index in [0.717, 1.165) is 32.1 Å². The maximum atomic E-state index is 12.3. The Hall–Kier alpha value is -1.43. The molecule has 0 aliphatic carbocycles. The molecule has 0 radical (unpaired) electrons. The molecule has 200 valence electrons. The van der Waals surface area contributed by atoms with E-state index in [0.29, 0.717) is 12.8 Å². The van der Waals surface area contributed by atoms with Gasteiger partial charge in [0, 0.05) is 6.42 Å². The number of carbonyl (C=O) groups excluding carboxylic acids is 3. The van der Waals surface area contributed by atoms with Crippen LogP contribution in [0.1, 0.15) is 137 Å². The number of esters is 1. The molecular formula is C28H53NO5. The van der Waals surface area contributed by atoms with Gasteiger partial charge >= 0.3 is 5.97 Å². The van der Waals surface area contributed by atoms with E-state index in [1.54, 1.807) is 20.8 Å². The molecule has 0 aromatic rings. The fraction of sp³-hybridized carbons (Fsp3) is 0.893. The first-order chi connectivity index (χ1) is 16.2. The summed E-state index contributed by atoms with van der Waals surface area (Å²) in [6, 6.07) is -0.277. The highest BCUT2D eigenvalue weighted by molar-refractivity contribution is 6.36. The number of nitrogens with one attached hydrogen (secondary N) is 1. The second kappa shape index (κ2) is 20.9. The second-order valence-electron chi connectivity index (χ2n) is 10.5. The van der Waals surface area contributed by atoms with E-state index < -0.39 is 17.5 Å². The smallest absolute Gasteiger partial charge is 0.332 e. The zero-order chi connectivity index (χ0) is 25.7. The minimum atomic E-state index is -0.559. The van der Waals surface area contributed by atoms with Gasteiger partial charge in [-0.2, -0.15) is 0 Å². The summed E-state index contributed by atoms with van der Waals surface area (Å²) >= 11 is 0. The molecule has 0 aromatic carbocycles. The monoisotopic (exact) mass is 483 g/mol. The standard InChI is InChI=1S/C28H53NO5/c1-6-8-10-11-12-13-14-15-16-17-18-19-21-25(30)27(32)29-24(20-9-7-2)22-33-23-26(31)34-28(3,4)5/h24H,6-23H2,1-5H3,(H,29,32)/t24-/m0/s1. The molecule has 0 aliphatic rings. The van der Waals surface area contributed by atoms with E-state index >= 15 is 0 Å². The van der Waals surface area contributed by atoms with Gasteiger partial charge in [-0.25, -0.2) is 4.79 Å². The van der Waals surface area contributed by atoms with Crippen molar-refractivity contribution in [1.82, 2.24) is 5.32 Å². The van der Waals surface area contributed by atoms with Crippen LogP contribution >= 0.6 is 0 Å². The predicted molar refractivity (Wildman–Crippen MR) is 139 cm³/mol. The molecule has 1 amide bonds. The maximum Gasteiger partial charge on any atom is 0.332 e. The van der Waals surface area contributed by atoms with Crippen LogP contribution in [0.5, 0.6) is 0 Å². The lowest BCUT2D eigenvalue weighted by molar-refractivity contribution is -0.160. The molecule has 0 fully saturated rings. The van der Waals surface area contributed by atoms with Crippen LogP contribution < -0.4 is 5.32 Å². The minimum Gasteiger partial charge on any atom is -0.458 e. The largest absolute Gasteiger partial charge is 0.458 e. The van der Waals surface area contributed by atoms with Gasteiger partial charge in [0.15, 0.2) is 0 Å². The Bertz CT molecular complexity index is 541. The van der Waals surface area contributed by atoms with Crippen LogP contribution in [0, 0.1) is 0 Å². The molecule has 1 atom stereocenters. The van der Waals surface area contributed by atoms with Crippen molar-refractivity contribution >= 4 is 17.7 Å². The van der Waals surface area contributed by atoms with Crippen LogP contribution in [-0.4, -0.2) is 42.5 Å². The molecule has 0 aromatic heterocycles. The van der Waals surface area contributed by atoms with Crippen molar-refractivity contribution in [3.63, 3.8) is 0 Å². The molecule has 6 heteroatoms. The van der Waals surface area contributed by atoms with E-state index in [-0.39, 0.29) is 25.0 Å². The first kappa shape index (κ1) is 32.6. The highest BCUT2D eigenvalue weighted by Gasteiger charge is 2.20. The number of hydrogen-bond donors (Lipinski definition) is 1. The SMILES string of the molecule is CCCCCCCCCCCCCCC(=O)C(=O)N[C@@H](CCCC)COCC(=O)OC(C)(C)C. The van der Waals surface area contributed by atoms with Crippen LogP contribution in [0.3, 0.4) is 0 Å². The third-order valence-corrected chi connectivity index (χ3v) is 5.71. The fourth-order valence-corrected chi connectivity index (χ4v) is 3.81. The molecule has 0 bridgehead atoms. The molecule has 0 unspecified atom stereocenters. The van der Waals surface area contributed by atoms with Crippen LogP contribution in [0.4, 0.5) is 0 Å². The summed E-state index contributed by atoms with van der Waals surface area (Å²) in [7, 11) is 0. The molecule has 0 rings (SSSR count). The zero-order valence-corrected chi connectivity index (χ0v) is 22.8.